The molecule has 112 valence electrons. The van der Waals surface area contributed by atoms with E-state index in [0.29, 0.717) is 11.3 Å². The lowest BCUT2D eigenvalue weighted by Crippen LogP contribution is -2.37. The molecule has 1 aliphatic carbocycles. The van der Waals surface area contributed by atoms with Crippen molar-refractivity contribution in [2.75, 3.05) is 0 Å². The summed E-state index contributed by atoms with van der Waals surface area (Å²) in [6, 6.07) is 3.57. The van der Waals surface area contributed by atoms with Crippen molar-refractivity contribution in [1.29, 1.82) is 0 Å². The quantitative estimate of drug-likeness (QED) is 0.643. The Kier molecular flexibility index (Phi) is 4.50. The van der Waals surface area contributed by atoms with E-state index < -0.39 is 0 Å². The molecule has 1 unspecified atom stereocenters. The Labute approximate surface area is 121 Å². The fourth-order valence-corrected chi connectivity index (χ4v) is 3.53. The fraction of sp³-hybridized carbons (Fsp3) is 0.647. The summed E-state index contributed by atoms with van der Waals surface area (Å²) >= 11 is 0. The van der Waals surface area contributed by atoms with Gasteiger partial charge in [0, 0.05) is 5.56 Å². The second-order valence-electron chi connectivity index (χ2n) is 7.12. The van der Waals surface area contributed by atoms with Crippen LogP contribution in [-0.2, 0) is 0 Å². The SMILES string of the molecule is Cc1cc(C)c(C(NN)C2CCC(C)(C)CC2)c(F)c1. The highest BCUT2D eigenvalue weighted by molar-refractivity contribution is 5.34. The van der Waals surface area contributed by atoms with Gasteiger partial charge in [0.2, 0.25) is 0 Å². The van der Waals surface area contributed by atoms with Crippen LogP contribution in [0.2, 0.25) is 0 Å². The van der Waals surface area contributed by atoms with Crippen LogP contribution in [0, 0.1) is 31.0 Å². The number of aryl methyl sites for hydroxylation is 2. The Morgan fingerprint density at radius 2 is 1.85 bits per heavy atom. The first kappa shape index (κ1) is 15.5. The molecule has 0 radical (unpaired) electrons. The second kappa shape index (κ2) is 5.82. The molecule has 1 aliphatic rings. The maximum Gasteiger partial charge on any atom is 0.128 e. The number of benzene rings is 1. The van der Waals surface area contributed by atoms with E-state index in [4.69, 9.17) is 5.84 Å². The smallest absolute Gasteiger partial charge is 0.128 e. The fourth-order valence-electron chi connectivity index (χ4n) is 3.53. The van der Waals surface area contributed by atoms with E-state index in [1.54, 1.807) is 6.07 Å². The number of hydrazine groups is 1. The molecule has 3 N–H and O–H groups in total. The third-order valence-electron chi connectivity index (χ3n) is 4.83. The summed E-state index contributed by atoms with van der Waals surface area (Å²) in [6.45, 7) is 8.52. The van der Waals surface area contributed by atoms with Crippen molar-refractivity contribution in [3.63, 3.8) is 0 Å². The van der Waals surface area contributed by atoms with E-state index >= 15 is 0 Å². The molecule has 1 aromatic rings. The molecule has 20 heavy (non-hydrogen) atoms. The highest BCUT2D eigenvalue weighted by Crippen LogP contribution is 2.43. The first-order valence-electron chi connectivity index (χ1n) is 7.57. The van der Waals surface area contributed by atoms with Crippen molar-refractivity contribution >= 4 is 0 Å². The lowest BCUT2D eigenvalue weighted by Gasteiger charge is -2.38. The van der Waals surface area contributed by atoms with Crippen LogP contribution in [0.4, 0.5) is 4.39 Å². The van der Waals surface area contributed by atoms with E-state index in [1.807, 2.05) is 19.9 Å². The van der Waals surface area contributed by atoms with Gasteiger partial charge in [0.15, 0.2) is 0 Å². The van der Waals surface area contributed by atoms with Crippen molar-refractivity contribution in [3.8, 4) is 0 Å². The molecule has 1 fully saturated rings. The normalized spacial score (nSPS) is 20.9. The van der Waals surface area contributed by atoms with E-state index in [1.165, 1.54) is 12.8 Å². The molecule has 1 saturated carbocycles. The van der Waals surface area contributed by atoms with E-state index in [-0.39, 0.29) is 11.9 Å². The Bertz CT molecular complexity index is 449. The van der Waals surface area contributed by atoms with Gasteiger partial charge in [0.1, 0.15) is 5.82 Å². The molecule has 3 heteroatoms. The van der Waals surface area contributed by atoms with Gasteiger partial charge in [-0.2, -0.15) is 0 Å². The average Bonchev–Trinajstić information content (AvgIpc) is 2.34. The summed E-state index contributed by atoms with van der Waals surface area (Å²) in [5, 5.41) is 0. The van der Waals surface area contributed by atoms with Crippen LogP contribution in [0.15, 0.2) is 12.1 Å². The molecule has 0 bridgehead atoms. The molecular formula is C17H27FN2. The summed E-state index contributed by atoms with van der Waals surface area (Å²) in [7, 11) is 0. The third-order valence-corrected chi connectivity index (χ3v) is 4.83. The van der Waals surface area contributed by atoms with Gasteiger partial charge in [0.25, 0.3) is 0 Å². The van der Waals surface area contributed by atoms with E-state index in [0.717, 1.165) is 29.5 Å². The van der Waals surface area contributed by atoms with Crippen molar-refractivity contribution in [1.82, 2.24) is 5.43 Å². The van der Waals surface area contributed by atoms with Gasteiger partial charge in [-0.05, 0) is 68.1 Å². The highest BCUT2D eigenvalue weighted by Gasteiger charge is 2.33. The van der Waals surface area contributed by atoms with Crippen LogP contribution < -0.4 is 11.3 Å². The largest absolute Gasteiger partial charge is 0.271 e. The maximum absolute atomic E-state index is 14.4. The molecule has 1 aromatic carbocycles. The molecule has 2 nitrogen and oxygen atoms in total. The lowest BCUT2D eigenvalue weighted by molar-refractivity contribution is 0.160. The molecule has 2 rings (SSSR count). The number of nitrogens with two attached hydrogens (primary N) is 1. The zero-order valence-electron chi connectivity index (χ0n) is 13.1. The Balaban J connectivity index is 2.25. The van der Waals surface area contributed by atoms with Gasteiger partial charge in [-0.3, -0.25) is 11.3 Å². The van der Waals surface area contributed by atoms with Crippen LogP contribution >= 0.6 is 0 Å². The van der Waals surface area contributed by atoms with Crippen LogP contribution in [0.3, 0.4) is 0 Å². The van der Waals surface area contributed by atoms with Crippen molar-refractivity contribution in [2.24, 2.45) is 17.2 Å². The number of halogens is 1. The van der Waals surface area contributed by atoms with Crippen molar-refractivity contribution in [3.05, 3.63) is 34.6 Å². The topological polar surface area (TPSA) is 38.0 Å². The first-order valence-corrected chi connectivity index (χ1v) is 7.57. The van der Waals surface area contributed by atoms with Crippen LogP contribution in [0.25, 0.3) is 0 Å². The zero-order chi connectivity index (χ0) is 14.9. The predicted octanol–water partition coefficient (Wildman–Crippen LogP) is 4.16. The van der Waals surface area contributed by atoms with Crippen LogP contribution in [-0.4, -0.2) is 0 Å². The van der Waals surface area contributed by atoms with Crippen molar-refractivity contribution < 1.29 is 4.39 Å². The molecular weight excluding hydrogens is 251 g/mol. The molecule has 0 saturated heterocycles. The minimum Gasteiger partial charge on any atom is -0.271 e. The van der Waals surface area contributed by atoms with Gasteiger partial charge in [-0.15, -0.1) is 0 Å². The number of nitrogens with one attached hydrogen (secondary N) is 1. The van der Waals surface area contributed by atoms with Gasteiger partial charge in [-0.25, -0.2) is 4.39 Å². The Morgan fingerprint density at radius 3 is 2.35 bits per heavy atom. The van der Waals surface area contributed by atoms with Crippen molar-refractivity contribution in [2.45, 2.75) is 59.4 Å². The average molecular weight is 278 g/mol. The Morgan fingerprint density at radius 1 is 1.25 bits per heavy atom. The molecule has 0 aromatic heterocycles. The monoisotopic (exact) mass is 278 g/mol. The van der Waals surface area contributed by atoms with Crippen LogP contribution in [0.5, 0.6) is 0 Å². The van der Waals surface area contributed by atoms with E-state index in [2.05, 4.69) is 19.3 Å². The first-order chi connectivity index (χ1) is 9.34. The zero-order valence-corrected chi connectivity index (χ0v) is 13.1. The standard InChI is InChI=1S/C17H27FN2/c1-11-9-12(2)15(14(18)10-11)16(20-19)13-5-7-17(3,4)8-6-13/h9-10,13,16,20H,5-8,19H2,1-4H3. The van der Waals surface area contributed by atoms with Crippen LogP contribution in [0.1, 0.15) is 62.3 Å². The molecule has 0 aliphatic heterocycles. The Hall–Kier alpha value is -0.930. The third kappa shape index (κ3) is 3.21. The van der Waals surface area contributed by atoms with Gasteiger partial charge < -0.3 is 0 Å². The molecule has 0 heterocycles. The van der Waals surface area contributed by atoms with E-state index in [9.17, 15) is 4.39 Å². The maximum atomic E-state index is 14.4. The lowest BCUT2D eigenvalue weighted by atomic mass is 9.70. The molecule has 0 amide bonds. The summed E-state index contributed by atoms with van der Waals surface area (Å²) in [5.74, 6) is 6.05. The summed E-state index contributed by atoms with van der Waals surface area (Å²) < 4.78 is 14.4. The minimum atomic E-state index is -0.129. The molecule has 1 atom stereocenters. The minimum absolute atomic E-state index is 0.0771. The summed E-state index contributed by atoms with van der Waals surface area (Å²) in [6.07, 6.45) is 4.58. The summed E-state index contributed by atoms with van der Waals surface area (Å²) in [4.78, 5) is 0. The van der Waals surface area contributed by atoms with Gasteiger partial charge in [0.05, 0.1) is 6.04 Å². The number of rotatable bonds is 3. The molecule has 0 spiro atoms. The van der Waals surface area contributed by atoms with Gasteiger partial charge in [-0.1, -0.05) is 19.9 Å². The highest BCUT2D eigenvalue weighted by atomic mass is 19.1. The number of hydrogen-bond donors (Lipinski definition) is 2. The number of hydrogen-bond acceptors (Lipinski definition) is 2. The summed E-state index contributed by atoms with van der Waals surface area (Å²) in [5.41, 5.74) is 6.00. The predicted molar refractivity (Wildman–Crippen MR) is 81.7 cm³/mol. The second-order valence-corrected chi connectivity index (χ2v) is 7.12. The van der Waals surface area contributed by atoms with Gasteiger partial charge >= 0.3 is 0 Å².